The molecule has 1 atom stereocenters. The van der Waals surface area contributed by atoms with Gasteiger partial charge in [0.2, 0.25) is 0 Å². The molecule has 0 nitrogen and oxygen atoms in total. The number of halogens is 6. The minimum Gasteiger partial charge on any atom is -0.230 e. The van der Waals surface area contributed by atoms with Crippen molar-refractivity contribution in [2.75, 3.05) is 0 Å². The molecular weight excluding hydrogens is 246 g/mol. The van der Waals surface area contributed by atoms with Crippen LogP contribution < -0.4 is 0 Å². The zero-order valence-corrected chi connectivity index (χ0v) is 8.39. The Kier molecular flexibility index (Phi) is 3.85. The first kappa shape index (κ1) is 13.6. The summed E-state index contributed by atoms with van der Waals surface area (Å²) in [6.45, 7) is 0. The van der Waals surface area contributed by atoms with Crippen molar-refractivity contribution in [3.05, 3.63) is 42.0 Å². The molecule has 0 amide bonds. The monoisotopic (exact) mass is 254 g/mol. The fraction of sp³-hybridized carbons (Fsp3) is 0.273. The lowest BCUT2D eigenvalue weighted by molar-refractivity contribution is -0.230. The van der Waals surface area contributed by atoms with E-state index in [1.165, 1.54) is 24.3 Å². The molecule has 1 aromatic rings. The molecule has 1 unspecified atom stereocenters. The molecule has 1 rings (SSSR count). The average Bonchev–Trinajstić information content (AvgIpc) is 2.26. The van der Waals surface area contributed by atoms with Crippen molar-refractivity contribution in [1.82, 2.24) is 0 Å². The smallest absolute Gasteiger partial charge is 0.230 e. The first-order chi connectivity index (χ1) is 7.73. The first-order valence-electron chi connectivity index (χ1n) is 4.56. The van der Waals surface area contributed by atoms with Crippen LogP contribution in [0.3, 0.4) is 0 Å². The molecule has 0 radical (unpaired) electrons. The van der Waals surface area contributed by atoms with Crippen LogP contribution in [0, 0.1) is 0 Å². The lowest BCUT2D eigenvalue weighted by Gasteiger charge is -2.19. The highest BCUT2D eigenvalue weighted by Crippen LogP contribution is 2.36. The van der Waals surface area contributed by atoms with Gasteiger partial charge in [-0.3, -0.25) is 0 Å². The van der Waals surface area contributed by atoms with Crippen LogP contribution in [0.1, 0.15) is 5.56 Å². The summed E-state index contributed by atoms with van der Waals surface area (Å²) in [5.41, 5.74) is 0.265. The van der Waals surface area contributed by atoms with Gasteiger partial charge in [-0.05, 0) is 11.6 Å². The standard InChI is InChI=1S/C11H8F6/c12-9(11(15,16)17)10(13,14)7-6-8-4-2-1-3-5-8/h1-7,9H. The van der Waals surface area contributed by atoms with Crippen LogP contribution >= 0.6 is 0 Å². The summed E-state index contributed by atoms with van der Waals surface area (Å²) in [5.74, 6) is -4.58. The quantitative estimate of drug-likeness (QED) is 0.708. The summed E-state index contributed by atoms with van der Waals surface area (Å²) in [7, 11) is 0. The summed E-state index contributed by atoms with van der Waals surface area (Å²) < 4.78 is 73.4. The minimum absolute atomic E-state index is 0.0828. The first-order valence-corrected chi connectivity index (χ1v) is 4.56. The van der Waals surface area contributed by atoms with Crippen molar-refractivity contribution in [2.45, 2.75) is 18.3 Å². The third-order valence-corrected chi connectivity index (χ3v) is 1.92. The summed E-state index contributed by atoms with van der Waals surface area (Å²) in [4.78, 5) is 0. The lowest BCUT2D eigenvalue weighted by atomic mass is 10.1. The maximum atomic E-state index is 12.8. The average molecular weight is 254 g/mol. The van der Waals surface area contributed by atoms with E-state index in [0.29, 0.717) is 0 Å². The highest BCUT2D eigenvalue weighted by Gasteiger charge is 2.55. The minimum atomic E-state index is -5.58. The van der Waals surface area contributed by atoms with Crippen molar-refractivity contribution in [2.24, 2.45) is 0 Å². The van der Waals surface area contributed by atoms with E-state index in [0.717, 1.165) is 6.08 Å². The molecule has 0 aliphatic heterocycles. The topological polar surface area (TPSA) is 0 Å². The molecule has 17 heavy (non-hydrogen) atoms. The molecule has 0 aromatic heterocycles. The van der Waals surface area contributed by atoms with Crippen LogP contribution in [0.2, 0.25) is 0 Å². The van der Waals surface area contributed by atoms with Crippen LogP contribution in [0.5, 0.6) is 0 Å². The van der Waals surface area contributed by atoms with Gasteiger partial charge in [0, 0.05) is 0 Å². The van der Waals surface area contributed by atoms with Gasteiger partial charge in [-0.25, -0.2) is 4.39 Å². The Morgan fingerprint density at radius 2 is 1.47 bits per heavy atom. The van der Waals surface area contributed by atoms with Crippen LogP contribution in [0.15, 0.2) is 36.4 Å². The Hall–Kier alpha value is -1.46. The molecule has 0 spiro atoms. The fourth-order valence-electron chi connectivity index (χ4n) is 1.07. The molecule has 0 saturated carbocycles. The summed E-state index contributed by atoms with van der Waals surface area (Å²) in [5, 5.41) is 0. The molecule has 94 valence electrons. The van der Waals surface area contributed by atoms with E-state index in [1.807, 2.05) is 0 Å². The molecule has 0 fully saturated rings. The molecular formula is C11H8F6. The maximum Gasteiger partial charge on any atom is 0.426 e. The molecule has 0 aliphatic carbocycles. The fourth-order valence-corrected chi connectivity index (χ4v) is 1.07. The zero-order valence-electron chi connectivity index (χ0n) is 8.39. The Bertz CT molecular complexity index is 379. The van der Waals surface area contributed by atoms with Crippen molar-refractivity contribution in [1.29, 1.82) is 0 Å². The highest BCUT2D eigenvalue weighted by molar-refractivity contribution is 5.50. The molecule has 0 bridgehead atoms. The van der Waals surface area contributed by atoms with Gasteiger partial charge in [-0.1, -0.05) is 36.4 Å². The second-order valence-corrected chi connectivity index (χ2v) is 3.32. The van der Waals surface area contributed by atoms with E-state index in [9.17, 15) is 26.3 Å². The summed E-state index contributed by atoms with van der Waals surface area (Å²) >= 11 is 0. The number of benzene rings is 1. The van der Waals surface area contributed by atoms with Gasteiger partial charge in [-0.2, -0.15) is 22.0 Å². The predicted octanol–water partition coefficient (Wildman–Crippen LogP) is 4.24. The summed E-state index contributed by atoms with van der Waals surface area (Å²) in [6.07, 6.45) is -9.11. The zero-order chi connectivity index (χ0) is 13.1. The molecule has 0 N–H and O–H groups in total. The SMILES string of the molecule is FC(C(F)(F)F)C(F)(F)C=Cc1ccccc1. The third kappa shape index (κ3) is 3.80. The Morgan fingerprint density at radius 3 is 1.94 bits per heavy atom. The lowest BCUT2D eigenvalue weighted by Crippen LogP contribution is -2.40. The number of alkyl halides is 6. The largest absolute Gasteiger partial charge is 0.426 e. The van der Waals surface area contributed by atoms with Gasteiger partial charge in [0.25, 0.3) is 6.17 Å². The maximum absolute atomic E-state index is 12.8. The Balaban J connectivity index is 2.83. The normalized spacial score (nSPS) is 15.2. The molecule has 0 saturated heterocycles. The molecule has 6 heteroatoms. The van der Waals surface area contributed by atoms with Crippen LogP contribution in [-0.4, -0.2) is 18.3 Å². The van der Waals surface area contributed by atoms with Gasteiger partial charge >= 0.3 is 12.1 Å². The van der Waals surface area contributed by atoms with E-state index < -0.39 is 18.3 Å². The van der Waals surface area contributed by atoms with Crippen molar-refractivity contribution >= 4 is 6.08 Å². The van der Waals surface area contributed by atoms with E-state index in [4.69, 9.17) is 0 Å². The van der Waals surface area contributed by atoms with Crippen molar-refractivity contribution in [3.8, 4) is 0 Å². The second kappa shape index (κ2) is 4.81. The van der Waals surface area contributed by atoms with Crippen LogP contribution in [-0.2, 0) is 0 Å². The Morgan fingerprint density at radius 1 is 0.941 bits per heavy atom. The van der Waals surface area contributed by atoms with E-state index in [2.05, 4.69) is 0 Å². The molecule has 0 aliphatic rings. The second-order valence-electron chi connectivity index (χ2n) is 3.32. The number of hydrogen-bond donors (Lipinski definition) is 0. The van der Waals surface area contributed by atoms with Crippen LogP contribution in [0.25, 0.3) is 6.08 Å². The van der Waals surface area contributed by atoms with Gasteiger partial charge in [0.05, 0.1) is 0 Å². The van der Waals surface area contributed by atoms with Crippen LogP contribution in [0.4, 0.5) is 26.3 Å². The van der Waals surface area contributed by atoms with Crippen molar-refractivity contribution < 1.29 is 26.3 Å². The van der Waals surface area contributed by atoms with Crippen molar-refractivity contribution in [3.63, 3.8) is 0 Å². The van der Waals surface area contributed by atoms with E-state index in [-0.39, 0.29) is 11.6 Å². The number of allylic oxidation sites excluding steroid dienone is 1. The molecule has 1 aromatic carbocycles. The number of hydrogen-bond acceptors (Lipinski definition) is 0. The third-order valence-electron chi connectivity index (χ3n) is 1.92. The predicted molar refractivity (Wildman–Crippen MR) is 51.4 cm³/mol. The van der Waals surface area contributed by atoms with E-state index >= 15 is 0 Å². The highest BCUT2D eigenvalue weighted by atomic mass is 19.4. The number of rotatable bonds is 3. The Labute approximate surface area is 93.6 Å². The van der Waals surface area contributed by atoms with Gasteiger partial charge in [-0.15, -0.1) is 0 Å². The van der Waals surface area contributed by atoms with Gasteiger partial charge in [0.1, 0.15) is 0 Å². The van der Waals surface area contributed by atoms with Gasteiger partial charge < -0.3 is 0 Å². The van der Waals surface area contributed by atoms with E-state index in [1.54, 1.807) is 6.07 Å². The summed E-state index contributed by atoms with van der Waals surface area (Å²) in [6, 6.07) is 7.48. The molecule has 0 heterocycles. The van der Waals surface area contributed by atoms with Gasteiger partial charge in [0.15, 0.2) is 0 Å².